The number of carbonyl (C=O) groups excluding carboxylic acids is 2. The molecule has 2 N–H and O–H groups in total. The Hall–Kier alpha value is -1.75. The number of amides is 1. The summed E-state index contributed by atoms with van der Waals surface area (Å²) in [4.78, 5) is 22.4. The van der Waals surface area contributed by atoms with Gasteiger partial charge in [0.1, 0.15) is 11.4 Å². The van der Waals surface area contributed by atoms with E-state index in [0.29, 0.717) is 6.29 Å². The van der Waals surface area contributed by atoms with E-state index in [0.717, 1.165) is 0 Å². The van der Waals surface area contributed by atoms with E-state index in [-0.39, 0.29) is 22.0 Å². The zero-order valence-electron chi connectivity index (χ0n) is 10.3. The molecule has 5 nitrogen and oxygen atoms in total. The lowest BCUT2D eigenvalue weighted by Crippen LogP contribution is -2.27. The lowest BCUT2D eigenvalue weighted by Gasteiger charge is -2.20. The molecule has 98 valence electrons. The van der Waals surface area contributed by atoms with E-state index in [2.05, 4.69) is 5.32 Å². The largest absolute Gasteiger partial charge is 0.506 e. The number of aromatic hydroxyl groups is 1. The summed E-state index contributed by atoms with van der Waals surface area (Å²) in [7, 11) is 0. The maximum absolute atomic E-state index is 11.5. The number of phenols is 1. The number of aldehydes is 1. The molecule has 0 fully saturated rings. The Balaban J connectivity index is 2.97. The van der Waals surface area contributed by atoms with Crippen LogP contribution in [-0.4, -0.2) is 23.1 Å². The fraction of sp³-hybridized carbons (Fsp3) is 0.333. The standard InChI is InChI=1S/C12H14ClNO4/c1-12(2,3)18-11(17)14-10-7(6-15)4-8(13)5-9(10)16/h4-6,16H,1-3H3,(H,14,17). The first-order valence-corrected chi connectivity index (χ1v) is 5.58. The quantitative estimate of drug-likeness (QED) is 0.640. The summed E-state index contributed by atoms with van der Waals surface area (Å²) in [6, 6.07) is 2.56. The lowest BCUT2D eigenvalue weighted by molar-refractivity contribution is 0.0635. The fourth-order valence-corrected chi connectivity index (χ4v) is 1.47. The molecule has 0 unspecified atom stereocenters. The van der Waals surface area contributed by atoms with Crippen LogP contribution in [0, 0.1) is 0 Å². The van der Waals surface area contributed by atoms with Crippen molar-refractivity contribution in [3.8, 4) is 5.75 Å². The van der Waals surface area contributed by atoms with E-state index in [9.17, 15) is 14.7 Å². The van der Waals surface area contributed by atoms with Gasteiger partial charge in [0.15, 0.2) is 6.29 Å². The summed E-state index contributed by atoms with van der Waals surface area (Å²) < 4.78 is 5.02. The Kier molecular flexibility index (Phi) is 4.19. The van der Waals surface area contributed by atoms with E-state index in [1.807, 2.05) is 0 Å². The predicted molar refractivity (Wildman–Crippen MR) is 68.4 cm³/mol. The predicted octanol–water partition coefficient (Wildman–Crippen LogP) is 3.21. The van der Waals surface area contributed by atoms with Crippen LogP contribution in [0.15, 0.2) is 12.1 Å². The number of benzene rings is 1. The van der Waals surface area contributed by atoms with Crippen LogP contribution in [0.1, 0.15) is 31.1 Å². The average Bonchev–Trinajstić information content (AvgIpc) is 2.18. The van der Waals surface area contributed by atoms with Gasteiger partial charge in [0.2, 0.25) is 0 Å². The third kappa shape index (κ3) is 3.92. The third-order valence-corrected chi connectivity index (χ3v) is 2.08. The van der Waals surface area contributed by atoms with Crippen molar-refractivity contribution in [2.24, 2.45) is 0 Å². The molecular formula is C12H14ClNO4. The highest BCUT2D eigenvalue weighted by Crippen LogP contribution is 2.30. The normalized spacial score (nSPS) is 10.9. The van der Waals surface area contributed by atoms with Crippen LogP contribution < -0.4 is 5.32 Å². The maximum atomic E-state index is 11.5. The highest BCUT2D eigenvalue weighted by atomic mass is 35.5. The van der Waals surface area contributed by atoms with Gasteiger partial charge in [-0.1, -0.05) is 11.6 Å². The molecule has 0 spiro atoms. The van der Waals surface area contributed by atoms with Gasteiger partial charge in [0.05, 0.1) is 5.69 Å². The molecule has 0 aliphatic rings. The molecule has 1 aromatic carbocycles. The Bertz CT molecular complexity index is 480. The molecule has 0 saturated heterocycles. The van der Waals surface area contributed by atoms with E-state index in [1.54, 1.807) is 20.8 Å². The summed E-state index contributed by atoms with van der Waals surface area (Å²) in [5, 5.41) is 12.1. The summed E-state index contributed by atoms with van der Waals surface area (Å²) in [6.45, 7) is 5.11. The molecule has 0 aliphatic carbocycles. The number of halogens is 1. The van der Waals surface area contributed by atoms with E-state index >= 15 is 0 Å². The summed E-state index contributed by atoms with van der Waals surface area (Å²) in [5.74, 6) is -0.296. The van der Waals surface area contributed by atoms with Crippen molar-refractivity contribution in [2.75, 3.05) is 5.32 Å². The van der Waals surface area contributed by atoms with Crippen molar-refractivity contribution in [1.82, 2.24) is 0 Å². The zero-order valence-corrected chi connectivity index (χ0v) is 11.0. The summed E-state index contributed by atoms with van der Waals surface area (Å²) in [5.41, 5.74) is -0.623. The van der Waals surface area contributed by atoms with Crippen LogP contribution >= 0.6 is 11.6 Å². The van der Waals surface area contributed by atoms with Crippen LogP contribution in [0.2, 0.25) is 5.02 Å². The molecule has 1 aromatic rings. The number of rotatable bonds is 2. The molecule has 6 heteroatoms. The van der Waals surface area contributed by atoms with Crippen molar-refractivity contribution in [1.29, 1.82) is 0 Å². The molecule has 0 saturated carbocycles. The highest BCUT2D eigenvalue weighted by Gasteiger charge is 2.19. The van der Waals surface area contributed by atoms with Crippen LogP contribution in [0.5, 0.6) is 5.75 Å². The van der Waals surface area contributed by atoms with Gasteiger partial charge in [-0.25, -0.2) is 4.79 Å². The number of nitrogens with one attached hydrogen (secondary N) is 1. The van der Waals surface area contributed by atoms with Gasteiger partial charge < -0.3 is 9.84 Å². The summed E-state index contributed by atoms with van der Waals surface area (Å²) >= 11 is 5.68. The Morgan fingerprint density at radius 3 is 2.56 bits per heavy atom. The number of phenolic OH excluding ortho intramolecular Hbond substituents is 1. The van der Waals surface area contributed by atoms with Crippen molar-refractivity contribution < 1.29 is 19.4 Å². The van der Waals surface area contributed by atoms with Gasteiger partial charge in [0, 0.05) is 16.7 Å². The van der Waals surface area contributed by atoms with Gasteiger partial charge in [-0.2, -0.15) is 0 Å². The minimum absolute atomic E-state index is 0.0244. The Morgan fingerprint density at radius 1 is 1.44 bits per heavy atom. The number of anilines is 1. The van der Waals surface area contributed by atoms with Crippen LogP contribution in [0.4, 0.5) is 10.5 Å². The molecule has 0 heterocycles. The molecule has 1 rings (SSSR count). The third-order valence-electron chi connectivity index (χ3n) is 1.87. The Morgan fingerprint density at radius 2 is 2.06 bits per heavy atom. The molecule has 0 atom stereocenters. The van der Waals surface area contributed by atoms with Crippen molar-refractivity contribution in [3.05, 3.63) is 22.7 Å². The Labute approximate surface area is 110 Å². The average molecular weight is 272 g/mol. The van der Waals surface area contributed by atoms with Gasteiger partial charge >= 0.3 is 6.09 Å². The smallest absolute Gasteiger partial charge is 0.412 e. The number of ether oxygens (including phenoxy) is 1. The topological polar surface area (TPSA) is 75.6 Å². The van der Waals surface area contributed by atoms with Gasteiger partial charge in [-0.05, 0) is 26.8 Å². The molecular weight excluding hydrogens is 258 g/mol. The van der Waals surface area contributed by atoms with E-state index in [1.165, 1.54) is 12.1 Å². The van der Waals surface area contributed by atoms with Crippen molar-refractivity contribution >= 4 is 29.7 Å². The van der Waals surface area contributed by atoms with Crippen molar-refractivity contribution in [3.63, 3.8) is 0 Å². The lowest BCUT2D eigenvalue weighted by atomic mass is 10.2. The number of hydrogen-bond acceptors (Lipinski definition) is 4. The van der Waals surface area contributed by atoms with E-state index < -0.39 is 11.7 Å². The minimum atomic E-state index is -0.761. The zero-order chi connectivity index (χ0) is 13.9. The molecule has 18 heavy (non-hydrogen) atoms. The SMILES string of the molecule is CC(C)(C)OC(=O)Nc1c(O)cc(Cl)cc1C=O. The molecule has 0 aliphatic heterocycles. The number of carbonyl (C=O) groups is 2. The molecule has 0 aromatic heterocycles. The molecule has 0 bridgehead atoms. The second-order valence-corrected chi connectivity index (χ2v) is 5.07. The van der Waals surface area contributed by atoms with Crippen LogP contribution in [0.25, 0.3) is 0 Å². The van der Waals surface area contributed by atoms with Gasteiger partial charge in [0.25, 0.3) is 0 Å². The first-order chi connectivity index (χ1) is 8.23. The minimum Gasteiger partial charge on any atom is -0.506 e. The van der Waals surface area contributed by atoms with Crippen LogP contribution in [-0.2, 0) is 4.74 Å². The fourth-order valence-electron chi connectivity index (χ4n) is 1.25. The monoisotopic (exact) mass is 271 g/mol. The maximum Gasteiger partial charge on any atom is 0.412 e. The van der Waals surface area contributed by atoms with Gasteiger partial charge in [-0.15, -0.1) is 0 Å². The van der Waals surface area contributed by atoms with E-state index in [4.69, 9.17) is 16.3 Å². The molecule has 1 amide bonds. The first-order valence-electron chi connectivity index (χ1n) is 5.20. The first kappa shape index (κ1) is 14.3. The second-order valence-electron chi connectivity index (χ2n) is 4.63. The van der Waals surface area contributed by atoms with Crippen LogP contribution in [0.3, 0.4) is 0 Å². The summed E-state index contributed by atoms with van der Waals surface area (Å²) in [6.07, 6.45) is -0.276. The number of hydrogen-bond donors (Lipinski definition) is 2. The van der Waals surface area contributed by atoms with Gasteiger partial charge in [-0.3, -0.25) is 10.1 Å². The second kappa shape index (κ2) is 5.27. The molecule has 0 radical (unpaired) electrons. The highest BCUT2D eigenvalue weighted by molar-refractivity contribution is 6.31. The van der Waals surface area contributed by atoms with Crippen molar-refractivity contribution in [2.45, 2.75) is 26.4 Å².